The normalized spacial score (nSPS) is 8.60. The first kappa shape index (κ1) is 8.90. The Morgan fingerprint density at radius 1 is 1.50 bits per heavy atom. The van der Waals surface area contributed by atoms with Crippen LogP contribution in [-0.2, 0) is 4.79 Å². The lowest BCUT2D eigenvalue weighted by atomic mass is 10.4. The van der Waals surface area contributed by atoms with Gasteiger partial charge in [-0.05, 0) is 0 Å². The van der Waals surface area contributed by atoms with Crippen molar-refractivity contribution in [2.45, 2.75) is 0 Å². The lowest BCUT2D eigenvalue weighted by molar-refractivity contribution is -0.120. The molecule has 0 aromatic carbocycles. The summed E-state index contributed by atoms with van der Waals surface area (Å²) in [7, 11) is 1.44. The molecule has 0 unspecified atom stereocenters. The smallest absolute Gasteiger partial charge is 0.314 e. The quantitative estimate of drug-likeness (QED) is 0.452. The lowest BCUT2D eigenvalue weighted by Gasteiger charge is -2.00. The second-order valence-electron chi connectivity index (χ2n) is 1.63. The van der Waals surface area contributed by atoms with Crippen molar-refractivity contribution in [1.29, 1.82) is 0 Å². The Morgan fingerprint density at radius 3 is 2.50 bits per heavy atom. The maximum Gasteiger partial charge on any atom is 0.314 e. The number of rotatable bonds is 3. The largest absolute Gasteiger partial charge is 0.389 e. The molecule has 3 N–H and O–H groups in total. The van der Waals surface area contributed by atoms with E-state index in [1.165, 1.54) is 7.05 Å². The lowest BCUT2D eigenvalue weighted by Crippen LogP contribution is -2.37. The van der Waals surface area contributed by atoms with Crippen molar-refractivity contribution in [2.75, 3.05) is 20.2 Å². The molecule has 58 valence electrons. The minimum atomic E-state index is -0.538. The van der Waals surface area contributed by atoms with Gasteiger partial charge in [-0.15, -0.1) is 0 Å². The predicted octanol–water partition coefficient (Wildman–Crippen LogP) is -1.52. The molecule has 0 spiro atoms. The summed E-state index contributed by atoms with van der Waals surface area (Å²) in [6.45, 7) is -0.667. The van der Waals surface area contributed by atoms with Crippen molar-refractivity contribution in [2.24, 2.45) is 0 Å². The van der Waals surface area contributed by atoms with Gasteiger partial charge in [-0.1, -0.05) is 0 Å². The summed E-state index contributed by atoms with van der Waals surface area (Å²) < 4.78 is 0. The molecular formula is C5H10N2O3. The first-order valence-electron chi connectivity index (χ1n) is 2.79. The van der Waals surface area contributed by atoms with Gasteiger partial charge in [-0.2, -0.15) is 0 Å². The van der Waals surface area contributed by atoms with Crippen LogP contribution in [0, 0.1) is 0 Å². The monoisotopic (exact) mass is 146 g/mol. The van der Waals surface area contributed by atoms with Gasteiger partial charge in [0, 0.05) is 7.05 Å². The number of carbonyl (C=O) groups is 2. The van der Waals surface area contributed by atoms with Gasteiger partial charge < -0.3 is 15.7 Å². The van der Waals surface area contributed by atoms with Gasteiger partial charge in [-0.25, -0.2) is 4.79 Å². The van der Waals surface area contributed by atoms with E-state index in [1.807, 2.05) is 0 Å². The molecule has 5 nitrogen and oxygen atoms in total. The maximum absolute atomic E-state index is 10.4. The van der Waals surface area contributed by atoms with Crippen LogP contribution in [-0.4, -0.2) is 37.1 Å². The van der Waals surface area contributed by atoms with Gasteiger partial charge in [0.15, 0.2) is 5.78 Å². The highest BCUT2D eigenvalue weighted by Crippen LogP contribution is 1.66. The molecule has 10 heavy (non-hydrogen) atoms. The van der Waals surface area contributed by atoms with Gasteiger partial charge in [-0.3, -0.25) is 4.79 Å². The van der Waals surface area contributed by atoms with Gasteiger partial charge in [0.05, 0.1) is 6.54 Å². The fourth-order valence-electron chi connectivity index (χ4n) is 0.323. The number of aliphatic hydroxyl groups excluding tert-OH is 1. The zero-order valence-corrected chi connectivity index (χ0v) is 5.68. The molecule has 0 fully saturated rings. The third-order valence-electron chi connectivity index (χ3n) is 0.850. The number of Topliss-reactive ketones (excluding diaryl/α,β-unsaturated/α-hetero) is 1. The Hall–Kier alpha value is -1.10. The highest BCUT2D eigenvalue weighted by Gasteiger charge is 2.00. The number of urea groups is 1. The number of carbonyl (C=O) groups excluding carboxylic acids is 2. The zero-order chi connectivity index (χ0) is 7.98. The number of hydrogen-bond donors (Lipinski definition) is 3. The van der Waals surface area contributed by atoms with Crippen molar-refractivity contribution in [3.63, 3.8) is 0 Å². The van der Waals surface area contributed by atoms with E-state index in [2.05, 4.69) is 10.6 Å². The third kappa shape index (κ3) is 3.85. The van der Waals surface area contributed by atoms with E-state index in [-0.39, 0.29) is 6.54 Å². The van der Waals surface area contributed by atoms with Crippen LogP contribution in [0.1, 0.15) is 0 Å². The first-order chi connectivity index (χ1) is 4.70. The molecule has 0 aliphatic rings. The summed E-state index contributed by atoms with van der Waals surface area (Å²) in [5.74, 6) is -0.413. The van der Waals surface area contributed by atoms with Crippen LogP contribution < -0.4 is 10.6 Å². The maximum atomic E-state index is 10.4. The Morgan fingerprint density at radius 2 is 2.10 bits per heavy atom. The highest BCUT2D eigenvalue weighted by molar-refractivity contribution is 5.85. The molecule has 0 aromatic heterocycles. The molecule has 0 saturated heterocycles. The number of aliphatic hydroxyl groups is 1. The highest BCUT2D eigenvalue weighted by atomic mass is 16.3. The number of ketones is 1. The molecule has 0 aliphatic carbocycles. The minimum absolute atomic E-state index is 0.129. The molecule has 0 radical (unpaired) electrons. The van der Waals surface area contributed by atoms with Crippen molar-refractivity contribution < 1.29 is 14.7 Å². The van der Waals surface area contributed by atoms with E-state index in [4.69, 9.17) is 5.11 Å². The molecule has 0 aliphatic heterocycles. The average molecular weight is 146 g/mol. The molecule has 0 rings (SSSR count). The minimum Gasteiger partial charge on any atom is -0.389 e. The zero-order valence-electron chi connectivity index (χ0n) is 5.68. The van der Waals surface area contributed by atoms with E-state index in [1.54, 1.807) is 0 Å². The summed E-state index contributed by atoms with van der Waals surface area (Å²) in [5, 5.41) is 12.7. The van der Waals surface area contributed by atoms with Gasteiger partial charge in [0.1, 0.15) is 6.61 Å². The summed E-state index contributed by atoms with van der Waals surface area (Å²) in [4.78, 5) is 20.7. The van der Waals surface area contributed by atoms with E-state index >= 15 is 0 Å². The van der Waals surface area contributed by atoms with Crippen molar-refractivity contribution in [1.82, 2.24) is 10.6 Å². The van der Waals surface area contributed by atoms with Crippen molar-refractivity contribution in [3.8, 4) is 0 Å². The Labute approximate surface area is 58.4 Å². The van der Waals surface area contributed by atoms with Crippen LogP contribution in [0.3, 0.4) is 0 Å². The fourth-order valence-corrected chi connectivity index (χ4v) is 0.323. The second-order valence-corrected chi connectivity index (χ2v) is 1.63. The average Bonchev–Trinajstić information content (AvgIpc) is 1.99. The number of nitrogens with one attached hydrogen (secondary N) is 2. The summed E-state index contributed by atoms with van der Waals surface area (Å²) >= 11 is 0. The fraction of sp³-hybridized carbons (Fsp3) is 0.600. The van der Waals surface area contributed by atoms with Crippen LogP contribution in [0.25, 0.3) is 0 Å². The SMILES string of the molecule is CNC(=O)NCC(=O)CO. The third-order valence-corrected chi connectivity index (χ3v) is 0.850. The molecular weight excluding hydrogens is 136 g/mol. The molecule has 0 bridgehead atoms. The summed E-state index contributed by atoms with van der Waals surface area (Å²) in [5.41, 5.74) is 0. The van der Waals surface area contributed by atoms with Gasteiger partial charge in [0.2, 0.25) is 0 Å². The van der Waals surface area contributed by atoms with Crippen LogP contribution in [0.15, 0.2) is 0 Å². The van der Waals surface area contributed by atoms with Crippen LogP contribution >= 0.6 is 0 Å². The van der Waals surface area contributed by atoms with E-state index < -0.39 is 18.4 Å². The molecule has 5 heteroatoms. The standard InChI is InChI=1S/C5H10N2O3/c1-6-5(10)7-2-4(9)3-8/h8H,2-3H2,1H3,(H2,6,7,10). The van der Waals surface area contributed by atoms with Crippen molar-refractivity contribution >= 4 is 11.8 Å². The number of hydrogen-bond acceptors (Lipinski definition) is 3. The molecule has 2 amide bonds. The van der Waals surface area contributed by atoms with E-state index in [9.17, 15) is 9.59 Å². The summed E-state index contributed by atoms with van der Waals surface area (Å²) in [6, 6.07) is -0.429. The first-order valence-corrected chi connectivity index (χ1v) is 2.79. The van der Waals surface area contributed by atoms with E-state index in [0.29, 0.717) is 0 Å². The molecule has 0 atom stereocenters. The van der Waals surface area contributed by atoms with Gasteiger partial charge in [0.25, 0.3) is 0 Å². The Balaban J connectivity index is 3.35. The Bertz CT molecular complexity index is 119. The van der Waals surface area contributed by atoms with Crippen LogP contribution in [0.5, 0.6) is 0 Å². The predicted molar refractivity (Wildman–Crippen MR) is 34.6 cm³/mol. The van der Waals surface area contributed by atoms with Crippen LogP contribution in [0.2, 0.25) is 0 Å². The molecule has 0 aromatic rings. The van der Waals surface area contributed by atoms with Crippen LogP contribution in [0.4, 0.5) is 4.79 Å². The molecule has 0 heterocycles. The number of amides is 2. The topological polar surface area (TPSA) is 78.4 Å². The van der Waals surface area contributed by atoms with E-state index in [0.717, 1.165) is 0 Å². The Kier molecular flexibility index (Phi) is 4.23. The second kappa shape index (κ2) is 4.75. The summed E-state index contributed by atoms with van der Waals surface area (Å²) in [6.07, 6.45) is 0. The van der Waals surface area contributed by atoms with Crippen molar-refractivity contribution in [3.05, 3.63) is 0 Å². The molecule has 0 saturated carbocycles. The van der Waals surface area contributed by atoms with Gasteiger partial charge >= 0.3 is 6.03 Å².